The number of rotatable bonds is 6. The van der Waals surface area contributed by atoms with E-state index in [1.807, 2.05) is 0 Å². The molecule has 0 rings (SSSR count). The van der Waals surface area contributed by atoms with Gasteiger partial charge in [-0.2, -0.15) is 0 Å². The summed E-state index contributed by atoms with van der Waals surface area (Å²) in [6, 6.07) is 0. The van der Waals surface area contributed by atoms with E-state index in [1.165, 1.54) is 12.2 Å². The maximum absolute atomic E-state index is 9.97. The Balaban J connectivity index is 3.36. The summed E-state index contributed by atoms with van der Waals surface area (Å²) in [5.74, 6) is -1.99. The minimum atomic E-state index is -0.997. The second kappa shape index (κ2) is 7.05. The molecule has 0 aliphatic carbocycles. The number of hydrogen-bond donors (Lipinski definition) is 3. The molecule has 13 heavy (non-hydrogen) atoms. The number of carboxylic acid groups (broad SMARTS) is 2. The molecule has 0 aromatic carbocycles. The molecule has 0 saturated carbocycles. The summed E-state index contributed by atoms with van der Waals surface area (Å²) in [4.78, 5) is 19.9. The number of nitrogens with one attached hydrogen (secondary N) is 1. The number of carbonyl (C=O) groups is 2. The highest BCUT2D eigenvalue weighted by Crippen LogP contribution is 1.73. The molecule has 0 unspecified atom stereocenters. The molecule has 0 bridgehead atoms. The van der Waals surface area contributed by atoms with Gasteiger partial charge in [-0.3, -0.25) is 0 Å². The Hall–Kier alpha value is -1.62. The molecule has 0 amide bonds. The van der Waals surface area contributed by atoms with Crippen LogP contribution in [0.15, 0.2) is 24.3 Å². The van der Waals surface area contributed by atoms with Gasteiger partial charge in [-0.15, -0.1) is 0 Å². The third-order valence-corrected chi connectivity index (χ3v) is 1.05. The van der Waals surface area contributed by atoms with E-state index >= 15 is 0 Å². The smallest absolute Gasteiger partial charge is 0.328 e. The lowest BCUT2D eigenvalue weighted by Gasteiger charge is -1.92. The molecule has 0 aromatic heterocycles. The predicted molar refractivity (Wildman–Crippen MR) is 46.4 cm³/mol. The normalized spacial score (nSPS) is 11.1. The van der Waals surface area contributed by atoms with Crippen molar-refractivity contribution >= 4 is 11.9 Å². The minimum absolute atomic E-state index is 0.399. The number of aliphatic carboxylic acids is 2. The number of hydrogen-bond acceptors (Lipinski definition) is 3. The molecule has 5 nitrogen and oxygen atoms in total. The fourth-order valence-electron chi connectivity index (χ4n) is 0.569. The van der Waals surface area contributed by atoms with E-state index in [0.717, 1.165) is 12.2 Å². The van der Waals surface area contributed by atoms with Crippen LogP contribution in [0, 0.1) is 0 Å². The van der Waals surface area contributed by atoms with Crippen LogP contribution >= 0.6 is 0 Å². The van der Waals surface area contributed by atoms with Crippen LogP contribution in [-0.2, 0) is 9.59 Å². The van der Waals surface area contributed by atoms with Crippen molar-refractivity contribution < 1.29 is 19.8 Å². The summed E-state index contributed by atoms with van der Waals surface area (Å²) in [5, 5.41) is 19.2. The zero-order valence-electron chi connectivity index (χ0n) is 6.93. The fraction of sp³-hybridized carbons (Fsp3) is 0.250. The molecular weight excluding hydrogens is 174 g/mol. The van der Waals surface area contributed by atoms with Crippen molar-refractivity contribution in [3.05, 3.63) is 24.3 Å². The van der Waals surface area contributed by atoms with Gasteiger partial charge >= 0.3 is 11.9 Å². The molecule has 0 aromatic rings. The van der Waals surface area contributed by atoms with Gasteiger partial charge in [0.1, 0.15) is 0 Å². The van der Waals surface area contributed by atoms with Crippen LogP contribution in [0.2, 0.25) is 0 Å². The topological polar surface area (TPSA) is 86.6 Å². The molecule has 0 fully saturated rings. The Morgan fingerprint density at radius 3 is 1.69 bits per heavy atom. The van der Waals surface area contributed by atoms with Gasteiger partial charge in [0.25, 0.3) is 0 Å². The SMILES string of the molecule is O=C(O)/C=C/CNC/C=C/C(=O)O. The van der Waals surface area contributed by atoms with Gasteiger partial charge in [-0.25, -0.2) is 9.59 Å². The Kier molecular flexibility index (Phi) is 6.17. The Labute approximate surface area is 75.4 Å². The van der Waals surface area contributed by atoms with Gasteiger partial charge in [-0.1, -0.05) is 12.2 Å². The average molecular weight is 185 g/mol. The molecule has 0 radical (unpaired) electrons. The van der Waals surface area contributed by atoms with Gasteiger partial charge in [0.15, 0.2) is 0 Å². The van der Waals surface area contributed by atoms with Gasteiger partial charge in [-0.05, 0) is 0 Å². The van der Waals surface area contributed by atoms with Crippen LogP contribution in [0.5, 0.6) is 0 Å². The van der Waals surface area contributed by atoms with E-state index in [0.29, 0.717) is 13.1 Å². The Morgan fingerprint density at radius 1 is 1.00 bits per heavy atom. The molecule has 0 atom stereocenters. The van der Waals surface area contributed by atoms with Crippen molar-refractivity contribution in [2.45, 2.75) is 0 Å². The average Bonchev–Trinajstić information content (AvgIpc) is 2.01. The summed E-state index contributed by atoms with van der Waals surface area (Å²) >= 11 is 0. The predicted octanol–water partition coefficient (Wildman–Crippen LogP) is -0.142. The van der Waals surface area contributed by atoms with Crippen LogP contribution in [0.4, 0.5) is 0 Å². The first kappa shape index (κ1) is 11.4. The highest BCUT2D eigenvalue weighted by molar-refractivity contribution is 5.80. The third kappa shape index (κ3) is 10.4. The second-order valence-corrected chi connectivity index (χ2v) is 2.14. The molecular formula is C8H11NO4. The van der Waals surface area contributed by atoms with Gasteiger partial charge < -0.3 is 15.5 Å². The lowest BCUT2D eigenvalue weighted by molar-refractivity contribution is -0.132. The van der Waals surface area contributed by atoms with Crippen LogP contribution in [0.3, 0.4) is 0 Å². The largest absolute Gasteiger partial charge is 0.478 e. The maximum Gasteiger partial charge on any atom is 0.328 e. The summed E-state index contributed by atoms with van der Waals surface area (Å²) in [6.45, 7) is 0.798. The van der Waals surface area contributed by atoms with Crippen molar-refractivity contribution in [1.82, 2.24) is 5.32 Å². The molecule has 0 aliphatic rings. The fourth-order valence-corrected chi connectivity index (χ4v) is 0.569. The van der Waals surface area contributed by atoms with E-state index in [9.17, 15) is 9.59 Å². The van der Waals surface area contributed by atoms with E-state index < -0.39 is 11.9 Å². The zero-order valence-corrected chi connectivity index (χ0v) is 6.93. The standard InChI is InChI=1S/C8H11NO4/c10-7(11)3-1-5-9-6-2-4-8(12)13/h1-4,9H,5-6H2,(H,10,11)(H,12,13)/b3-1+,4-2+. The van der Waals surface area contributed by atoms with Crippen molar-refractivity contribution in [2.75, 3.05) is 13.1 Å². The van der Waals surface area contributed by atoms with Crippen molar-refractivity contribution in [2.24, 2.45) is 0 Å². The number of carboxylic acids is 2. The minimum Gasteiger partial charge on any atom is -0.478 e. The first-order chi connectivity index (χ1) is 6.13. The summed E-state index contributed by atoms with van der Waals surface area (Å²) < 4.78 is 0. The van der Waals surface area contributed by atoms with Crippen LogP contribution < -0.4 is 5.32 Å². The van der Waals surface area contributed by atoms with Crippen molar-refractivity contribution in [3.63, 3.8) is 0 Å². The maximum atomic E-state index is 9.97. The molecule has 0 aliphatic heterocycles. The van der Waals surface area contributed by atoms with Gasteiger partial charge in [0.2, 0.25) is 0 Å². The zero-order chi connectivity index (χ0) is 10.1. The first-order valence-corrected chi connectivity index (χ1v) is 3.62. The highest BCUT2D eigenvalue weighted by atomic mass is 16.4. The molecule has 72 valence electrons. The van der Waals surface area contributed by atoms with E-state index in [-0.39, 0.29) is 0 Å². The highest BCUT2D eigenvalue weighted by Gasteiger charge is 1.85. The van der Waals surface area contributed by atoms with Crippen molar-refractivity contribution in [1.29, 1.82) is 0 Å². The van der Waals surface area contributed by atoms with Crippen LogP contribution in [0.1, 0.15) is 0 Å². The third-order valence-electron chi connectivity index (χ3n) is 1.05. The van der Waals surface area contributed by atoms with Crippen LogP contribution in [0.25, 0.3) is 0 Å². The van der Waals surface area contributed by atoms with Crippen molar-refractivity contribution in [3.8, 4) is 0 Å². The van der Waals surface area contributed by atoms with Gasteiger partial charge in [0, 0.05) is 25.2 Å². The Morgan fingerprint density at radius 2 is 1.38 bits per heavy atom. The second-order valence-electron chi connectivity index (χ2n) is 2.14. The Bertz CT molecular complexity index is 208. The molecule has 3 N–H and O–H groups in total. The van der Waals surface area contributed by atoms with Gasteiger partial charge in [0.05, 0.1) is 0 Å². The first-order valence-electron chi connectivity index (χ1n) is 3.62. The molecule has 0 saturated heterocycles. The molecule has 5 heteroatoms. The summed E-state index contributed by atoms with van der Waals surface area (Å²) in [6.07, 6.45) is 4.93. The van der Waals surface area contributed by atoms with Crippen LogP contribution in [-0.4, -0.2) is 35.2 Å². The quantitative estimate of drug-likeness (QED) is 0.396. The molecule has 0 heterocycles. The van der Waals surface area contributed by atoms with E-state index in [4.69, 9.17) is 10.2 Å². The summed E-state index contributed by atoms with van der Waals surface area (Å²) in [5.41, 5.74) is 0. The lowest BCUT2D eigenvalue weighted by Crippen LogP contribution is -2.13. The monoisotopic (exact) mass is 185 g/mol. The van der Waals surface area contributed by atoms with E-state index in [1.54, 1.807) is 0 Å². The molecule has 0 spiro atoms. The lowest BCUT2D eigenvalue weighted by atomic mass is 10.4. The van der Waals surface area contributed by atoms with E-state index in [2.05, 4.69) is 5.32 Å². The summed E-state index contributed by atoms with van der Waals surface area (Å²) in [7, 11) is 0.